The molecular weight excluding hydrogens is 248 g/mol. The molecule has 0 heterocycles. The average Bonchev–Trinajstić information content (AvgIpc) is 3.12. The molecule has 1 saturated carbocycles. The first-order valence-electron chi connectivity index (χ1n) is 6.41. The van der Waals surface area contributed by atoms with Crippen molar-refractivity contribution in [1.82, 2.24) is 4.72 Å². The first-order chi connectivity index (χ1) is 8.53. The molecule has 0 aliphatic heterocycles. The predicted molar refractivity (Wildman–Crippen MR) is 72.8 cm³/mol. The molecule has 0 spiro atoms. The van der Waals surface area contributed by atoms with Crippen molar-refractivity contribution in [1.29, 1.82) is 0 Å². The van der Waals surface area contributed by atoms with E-state index in [4.69, 9.17) is 5.73 Å². The molecule has 100 valence electrons. The van der Waals surface area contributed by atoms with Gasteiger partial charge in [0.05, 0.1) is 4.90 Å². The molecule has 1 aromatic carbocycles. The van der Waals surface area contributed by atoms with Crippen LogP contribution in [0.4, 0.5) is 5.69 Å². The molecule has 5 heteroatoms. The SMILES string of the molecule is CCc1ccc(S(=O)(=O)NCCC2CC2)cc1N. The van der Waals surface area contributed by atoms with E-state index < -0.39 is 10.0 Å². The van der Waals surface area contributed by atoms with Crippen LogP contribution in [0.25, 0.3) is 0 Å². The van der Waals surface area contributed by atoms with Crippen LogP contribution in [0, 0.1) is 5.92 Å². The van der Waals surface area contributed by atoms with Gasteiger partial charge in [0.1, 0.15) is 0 Å². The standard InChI is InChI=1S/C13H20N2O2S/c1-2-11-5-6-12(9-13(11)14)18(16,17)15-8-7-10-3-4-10/h5-6,9-10,15H,2-4,7-8,14H2,1H3. The zero-order valence-corrected chi connectivity index (χ0v) is 11.5. The van der Waals surface area contributed by atoms with Crippen molar-refractivity contribution in [2.45, 2.75) is 37.5 Å². The van der Waals surface area contributed by atoms with Crippen LogP contribution in [0.5, 0.6) is 0 Å². The van der Waals surface area contributed by atoms with E-state index in [1.807, 2.05) is 6.92 Å². The number of hydrogen-bond donors (Lipinski definition) is 2. The molecule has 0 saturated heterocycles. The smallest absolute Gasteiger partial charge is 0.240 e. The quantitative estimate of drug-likeness (QED) is 0.774. The molecule has 0 amide bonds. The third-order valence-corrected chi connectivity index (χ3v) is 4.81. The zero-order valence-electron chi connectivity index (χ0n) is 10.6. The van der Waals surface area contributed by atoms with Gasteiger partial charge in [-0.15, -0.1) is 0 Å². The van der Waals surface area contributed by atoms with Crippen molar-refractivity contribution < 1.29 is 8.42 Å². The van der Waals surface area contributed by atoms with Crippen molar-refractivity contribution in [2.24, 2.45) is 5.92 Å². The molecule has 1 aliphatic carbocycles. The van der Waals surface area contributed by atoms with E-state index in [0.717, 1.165) is 24.3 Å². The lowest BCUT2D eigenvalue weighted by atomic mass is 10.1. The molecule has 0 bridgehead atoms. The molecule has 0 atom stereocenters. The number of aryl methyl sites for hydroxylation is 1. The van der Waals surface area contributed by atoms with Crippen molar-refractivity contribution in [3.63, 3.8) is 0 Å². The average molecular weight is 268 g/mol. The summed E-state index contributed by atoms with van der Waals surface area (Å²) in [5.74, 6) is 0.722. The number of sulfonamides is 1. The van der Waals surface area contributed by atoms with Crippen molar-refractivity contribution >= 4 is 15.7 Å². The number of nitrogen functional groups attached to an aromatic ring is 1. The van der Waals surface area contributed by atoms with Crippen LogP contribution in [0.3, 0.4) is 0 Å². The Kier molecular flexibility index (Phi) is 3.92. The fourth-order valence-corrected chi connectivity index (χ4v) is 3.03. The van der Waals surface area contributed by atoms with Crippen LogP contribution in [-0.2, 0) is 16.4 Å². The number of anilines is 1. The van der Waals surface area contributed by atoms with Crippen LogP contribution in [-0.4, -0.2) is 15.0 Å². The summed E-state index contributed by atoms with van der Waals surface area (Å²) in [6.45, 7) is 2.51. The van der Waals surface area contributed by atoms with Crippen molar-refractivity contribution in [2.75, 3.05) is 12.3 Å². The maximum Gasteiger partial charge on any atom is 0.240 e. The summed E-state index contributed by atoms with van der Waals surface area (Å²) in [5, 5.41) is 0. The maximum atomic E-state index is 12.0. The van der Waals surface area contributed by atoms with Gasteiger partial charge in [-0.25, -0.2) is 13.1 Å². The number of hydrogen-bond acceptors (Lipinski definition) is 3. The lowest BCUT2D eigenvalue weighted by Crippen LogP contribution is -2.25. The second kappa shape index (κ2) is 5.28. The number of nitrogens with two attached hydrogens (primary N) is 1. The van der Waals surface area contributed by atoms with E-state index in [1.165, 1.54) is 18.9 Å². The van der Waals surface area contributed by atoms with Gasteiger partial charge in [-0.2, -0.15) is 0 Å². The Bertz CT molecular complexity index is 522. The number of nitrogens with one attached hydrogen (secondary N) is 1. The lowest BCUT2D eigenvalue weighted by molar-refractivity contribution is 0.575. The monoisotopic (exact) mass is 268 g/mol. The summed E-state index contributed by atoms with van der Waals surface area (Å²) in [4.78, 5) is 0.257. The number of benzene rings is 1. The normalized spacial score (nSPS) is 15.8. The van der Waals surface area contributed by atoms with Crippen LogP contribution in [0.2, 0.25) is 0 Å². The van der Waals surface area contributed by atoms with E-state index in [0.29, 0.717) is 12.2 Å². The molecule has 0 aromatic heterocycles. The van der Waals surface area contributed by atoms with E-state index >= 15 is 0 Å². The fraction of sp³-hybridized carbons (Fsp3) is 0.538. The molecule has 4 nitrogen and oxygen atoms in total. The van der Waals surface area contributed by atoms with Gasteiger partial charge in [-0.1, -0.05) is 25.8 Å². The highest BCUT2D eigenvalue weighted by atomic mass is 32.2. The van der Waals surface area contributed by atoms with Crippen LogP contribution in [0.1, 0.15) is 31.7 Å². The largest absolute Gasteiger partial charge is 0.398 e. The summed E-state index contributed by atoms with van der Waals surface area (Å²) in [7, 11) is -3.41. The molecule has 1 aromatic rings. The Morgan fingerprint density at radius 1 is 1.39 bits per heavy atom. The molecule has 18 heavy (non-hydrogen) atoms. The van der Waals surface area contributed by atoms with Gasteiger partial charge in [0.25, 0.3) is 0 Å². The summed E-state index contributed by atoms with van der Waals surface area (Å²) < 4.78 is 26.7. The van der Waals surface area contributed by atoms with Crippen LogP contribution >= 0.6 is 0 Å². The minimum Gasteiger partial charge on any atom is -0.398 e. The van der Waals surface area contributed by atoms with Crippen LogP contribution < -0.4 is 10.5 Å². The van der Waals surface area contributed by atoms with Gasteiger partial charge in [0.15, 0.2) is 0 Å². The van der Waals surface area contributed by atoms with Crippen molar-refractivity contribution in [3.8, 4) is 0 Å². The molecule has 1 aliphatic rings. The van der Waals surface area contributed by atoms with Gasteiger partial charge in [-0.05, 0) is 36.5 Å². The first kappa shape index (κ1) is 13.4. The predicted octanol–water partition coefficient (Wildman–Crippen LogP) is 1.91. The van der Waals surface area contributed by atoms with E-state index in [-0.39, 0.29) is 4.90 Å². The van der Waals surface area contributed by atoms with Gasteiger partial charge in [0.2, 0.25) is 10.0 Å². The Morgan fingerprint density at radius 2 is 2.11 bits per heavy atom. The third-order valence-electron chi connectivity index (χ3n) is 3.35. The van der Waals surface area contributed by atoms with Crippen LogP contribution in [0.15, 0.2) is 23.1 Å². The van der Waals surface area contributed by atoms with Gasteiger partial charge >= 0.3 is 0 Å². The van der Waals surface area contributed by atoms with E-state index in [2.05, 4.69) is 4.72 Å². The fourth-order valence-electron chi connectivity index (χ4n) is 1.95. The zero-order chi connectivity index (χ0) is 13.2. The lowest BCUT2D eigenvalue weighted by Gasteiger charge is -2.09. The number of rotatable bonds is 6. The highest BCUT2D eigenvalue weighted by Crippen LogP contribution is 2.31. The minimum atomic E-state index is -3.41. The summed E-state index contributed by atoms with van der Waals surface area (Å²) >= 11 is 0. The van der Waals surface area contributed by atoms with E-state index in [1.54, 1.807) is 12.1 Å². The summed E-state index contributed by atoms with van der Waals surface area (Å²) in [6.07, 6.45) is 4.21. The van der Waals surface area contributed by atoms with E-state index in [9.17, 15) is 8.42 Å². The molecule has 3 N–H and O–H groups in total. The summed E-state index contributed by atoms with van der Waals surface area (Å²) in [6, 6.07) is 4.94. The maximum absolute atomic E-state index is 12.0. The molecule has 1 fully saturated rings. The third kappa shape index (κ3) is 3.23. The van der Waals surface area contributed by atoms with Crippen molar-refractivity contribution in [3.05, 3.63) is 23.8 Å². The second-order valence-electron chi connectivity index (χ2n) is 4.84. The Morgan fingerprint density at radius 3 is 2.67 bits per heavy atom. The Hall–Kier alpha value is -1.07. The Balaban J connectivity index is 2.05. The Labute approximate surface area is 109 Å². The highest BCUT2D eigenvalue weighted by molar-refractivity contribution is 7.89. The van der Waals surface area contributed by atoms with Gasteiger partial charge in [0, 0.05) is 12.2 Å². The van der Waals surface area contributed by atoms with Gasteiger partial charge in [-0.3, -0.25) is 0 Å². The minimum absolute atomic E-state index is 0.257. The summed E-state index contributed by atoms with van der Waals surface area (Å²) in [5.41, 5.74) is 7.35. The first-order valence-corrected chi connectivity index (χ1v) is 7.89. The topological polar surface area (TPSA) is 72.2 Å². The second-order valence-corrected chi connectivity index (χ2v) is 6.61. The molecule has 0 radical (unpaired) electrons. The highest BCUT2D eigenvalue weighted by Gasteiger charge is 2.22. The molecule has 2 rings (SSSR count). The van der Waals surface area contributed by atoms with Gasteiger partial charge < -0.3 is 5.73 Å². The molecular formula is C13H20N2O2S. The molecule has 0 unspecified atom stereocenters.